The predicted octanol–water partition coefficient (Wildman–Crippen LogP) is 2.47. The molecule has 0 saturated carbocycles. The van der Waals surface area contributed by atoms with E-state index in [1.54, 1.807) is 24.4 Å². The third-order valence-electron chi connectivity index (χ3n) is 5.25. The third kappa shape index (κ3) is 3.92. The number of para-hydroxylation sites is 1. The number of amides is 3. The van der Waals surface area contributed by atoms with Crippen molar-refractivity contribution in [2.45, 2.75) is 24.2 Å². The molecule has 2 heterocycles. The third-order valence-corrected chi connectivity index (χ3v) is 6.69. The molecule has 0 spiro atoms. The number of carbonyl (C=O) groups is 3. The minimum atomic E-state index is -4.16. The molecule has 32 heavy (non-hydrogen) atoms. The first kappa shape index (κ1) is 21.4. The van der Waals surface area contributed by atoms with E-state index >= 15 is 0 Å². The Morgan fingerprint density at radius 1 is 1.12 bits per heavy atom. The minimum absolute atomic E-state index is 0.139. The Hall–Kier alpha value is -3.79. The van der Waals surface area contributed by atoms with Gasteiger partial charge >= 0.3 is 0 Å². The van der Waals surface area contributed by atoms with E-state index in [1.807, 2.05) is 12.1 Å². The van der Waals surface area contributed by atoms with Crippen LogP contribution < -0.4 is 10.0 Å². The number of nitrogens with zero attached hydrogens (tertiary/aromatic N) is 2. The minimum Gasteiger partial charge on any atom is -0.326 e. The molecule has 3 aromatic rings. The van der Waals surface area contributed by atoms with Gasteiger partial charge < -0.3 is 5.32 Å². The Balaban J connectivity index is 1.81. The van der Waals surface area contributed by atoms with Crippen molar-refractivity contribution in [3.8, 4) is 0 Å². The fourth-order valence-electron chi connectivity index (χ4n) is 3.73. The molecule has 1 aromatic heterocycles. The van der Waals surface area contributed by atoms with Crippen molar-refractivity contribution in [2.24, 2.45) is 0 Å². The number of rotatable bonds is 5. The van der Waals surface area contributed by atoms with E-state index in [4.69, 9.17) is 0 Å². The van der Waals surface area contributed by atoms with Crippen molar-refractivity contribution >= 4 is 50.0 Å². The molecular formula is C22H20N4O5S. The van der Waals surface area contributed by atoms with Gasteiger partial charge in [-0.25, -0.2) is 8.42 Å². The Morgan fingerprint density at radius 3 is 2.56 bits per heavy atom. The molecule has 1 fully saturated rings. The van der Waals surface area contributed by atoms with E-state index in [0.717, 1.165) is 10.3 Å². The number of imide groups is 1. The number of fused-ring (bicyclic) bond motifs is 1. The van der Waals surface area contributed by atoms with Crippen LogP contribution in [0.3, 0.4) is 0 Å². The van der Waals surface area contributed by atoms with Crippen molar-refractivity contribution in [1.82, 2.24) is 9.88 Å². The highest BCUT2D eigenvalue weighted by atomic mass is 32.2. The molecule has 4 rings (SSSR count). The number of pyridine rings is 1. The van der Waals surface area contributed by atoms with Crippen LogP contribution in [0.25, 0.3) is 10.9 Å². The molecule has 0 bridgehead atoms. The summed E-state index contributed by atoms with van der Waals surface area (Å²) in [6.07, 6.45) is 1.41. The Labute approximate surface area is 184 Å². The van der Waals surface area contributed by atoms with E-state index in [1.165, 1.54) is 32.2 Å². The Bertz CT molecular complexity index is 1360. The number of hydrogen-bond donors (Lipinski definition) is 2. The molecule has 10 heteroatoms. The summed E-state index contributed by atoms with van der Waals surface area (Å²) in [6.45, 7) is 1.32. The smallest absolute Gasteiger partial charge is 0.262 e. The molecule has 0 aliphatic carbocycles. The predicted molar refractivity (Wildman–Crippen MR) is 118 cm³/mol. The number of likely N-dealkylation sites (N-methyl/N-ethyl adjacent to an activating group) is 1. The summed E-state index contributed by atoms with van der Waals surface area (Å²) in [6, 6.07) is 12.8. The first-order chi connectivity index (χ1) is 15.2. The van der Waals surface area contributed by atoms with Crippen molar-refractivity contribution < 1.29 is 22.8 Å². The normalized spacial score (nSPS) is 16.4. The maximum Gasteiger partial charge on any atom is 0.262 e. The van der Waals surface area contributed by atoms with Crippen molar-refractivity contribution in [3.63, 3.8) is 0 Å². The van der Waals surface area contributed by atoms with Gasteiger partial charge in [0, 0.05) is 37.7 Å². The van der Waals surface area contributed by atoms with Gasteiger partial charge in [-0.3, -0.25) is 29.0 Å². The lowest BCUT2D eigenvalue weighted by Gasteiger charge is -2.17. The van der Waals surface area contributed by atoms with Gasteiger partial charge in [0.25, 0.3) is 10.0 Å². The second kappa shape index (κ2) is 8.04. The molecule has 2 N–H and O–H groups in total. The fourth-order valence-corrected chi connectivity index (χ4v) is 5.05. The number of likely N-dealkylation sites (tertiary alicyclic amines) is 1. The zero-order valence-electron chi connectivity index (χ0n) is 17.3. The summed E-state index contributed by atoms with van der Waals surface area (Å²) in [7, 11) is -2.80. The van der Waals surface area contributed by atoms with Crippen LogP contribution >= 0.6 is 0 Å². The summed E-state index contributed by atoms with van der Waals surface area (Å²) in [4.78, 5) is 41.3. The molecular weight excluding hydrogens is 432 g/mol. The molecule has 3 amide bonds. The van der Waals surface area contributed by atoms with E-state index in [0.29, 0.717) is 11.2 Å². The molecule has 1 unspecified atom stereocenters. The van der Waals surface area contributed by atoms with Gasteiger partial charge in [0.1, 0.15) is 0 Å². The van der Waals surface area contributed by atoms with Gasteiger partial charge in [0.2, 0.25) is 17.7 Å². The summed E-state index contributed by atoms with van der Waals surface area (Å²) < 4.78 is 29.3. The highest BCUT2D eigenvalue weighted by Gasteiger charge is 2.40. The first-order valence-corrected chi connectivity index (χ1v) is 11.2. The summed E-state index contributed by atoms with van der Waals surface area (Å²) in [5, 5.41) is 3.34. The number of nitrogens with one attached hydrogen (secondary N) is 2. The van der Waals surface area contributed by atoms with Crippen LogP contribution in [-0.2, 0) is 24.4 Å². The van der Waals surface area contributed by atoms with Crippen LogP contribution in [0, 0.1) is 0 Å². The Morgan fingerprint density at radius 2 is 1.88 bits per heavy atom. The lowest BCUT2D eigenvalue weighted by molar-refractivity contribution is -0.137. The second-order valence-electron chi connectivity index (χ2n) is 7.47. The van der Waals surface area contributed by atoms with Gasteiger partial charge in [0.15, 0.2) is 0 Å². The largest absolute Gasteiger partial charge is 0.326 e. The highest BCUT2D eigenvalue weighted by molar-refractivity contribution is 7.92. The van der Waals surface area contributed by atoms with E-state index in [9.17, 15) is 22.8 Å². The van der Waals surface area contributed by atoms with Gasteiger partial charge in [0.05, 0.1) is 22.0 Å². The van der Waals surface area contributed by atoms with Gasteiger partial charge in [-0.15, -0.1) is 0 Å². The lowest BCUT2D eigenvalue weighted by Crippen LogP contribution is -2.26. The molecule has 9 nitrogen and oxygen atoms in total. The van der Waals surface area contributed by atoms with E-state index in [2.05, 4.69) is 15.0 Å². The SMILES string of the molecule is CC(=O)Nc1ccc(S(=O)(=O)Nc2cccc3cccnc23)c(C2CC(=O)N(C)C2=O)c1. The van der Waals surface area contributed by atoms with Gasteiger partial charge in [-0.05, 0) is 35.9 Å². The average molecular weight is 452 g/mol. The number of hydrogen-bond acceptors (Lipinski definition) is 6. The fraction of sp³-hybridized carbons (Fsp3) is 0.182. The molecule has 1 saturated heterocycles. The molecule has 164 valence electrons. The summed E-state index contributed by atoms with van der Waals surface area (Å²) >= 11 is 0. The number of sulfonamides is 1. The quantitative estimate of drug-likeness (QED) is 0.573. The first-order valence-electron chi connectivity index (χ1n) is 9.76. The molecule has 1 atom stereocenters. The maximum absolute atomic E-state index is 13.4. The molecule has 1 aliphatic rings. The number of aromatic nitrogens is 1. The maximum atomic E-state index is 13.4. The zero-order chi connectivity index (χ0) is 23.0. The molecule has 1 aliphatic heterocycles. The van der Waals surface area contributed by atoms with Crippen LogP contribution in [0.4, 0.5) is 11.4 Å². The topological polar surface area (TPSA) is 126 Å². The van der Waals surface area contributed by atoms with Crippen LogP contribution in [0.15, 0.2) is 59.6 Å². The zero-order valence-corrected chi connectivity index (χ0v) is 18.1. The monoisotopic (exact) mass is 452 g/mol. The second-order valence-corrected chi connectivity index (χ2v) is 9.12. The van der Waals surface area contributed by atoms with E-state index < -0.39 is 27.8 Å². The Kier molecular flexibility index (Phi) is 5.39. The summed E-state index contributed by atoms with van der Waals surface area (Å²) in [5.41, 5.74) is 1.22. The van der Waals surface area contributed by atoms with Crippen LogP contribution in [-0.4, -0.2) is 43.1 Å². The van der Waals surface area contributed by atoms with Gasteiger partial charge in [-0.2, -0.15) is 0 Å². The van der Waals surface area contributed by atoms with Crippen molar-refractivity contribution in [3.05, 3.63) is 60.3 Å². The highest BCUT2D eigenvalue weighted by Crippen LogP contribution is 2.36. The average Bonchev–Trinajstić information content (AvgIpc) is 3.00. The number of carbonyl (C=O) groups excluding carboxylic acids is 3. The van der Waals surface area contributed by atoms with Gasteiger partial charge in [-0.1, -0.05) is 18.2 Å². The van der Waals surface area contributed by atoms with E-state index in [-0.39, 0.29) is 28.5 Å². The van der Waals surface area contributed by atoms with Crippen molar-refractivity contribution in [2.75, 3.05) is 17.1 Å². The van der Waals surface area contributed by atoms with Crippen LogP contribution in [0.1, 0.15) is 24.8 Å². The van der Waals surface area contributed by atoms with Crippen molar-refractivity contribution in [1.29, 1.82) is 0 Å². The van der Waals surface area contributed by atoms with Crippen LogP contribution in [0.5, 0.6) is 0 Å². The summed E-state index contributed by atoms with van der Waals surface area (Å²) in [5.74, 6) is -2.23. The number of anilines is 2. The standard InChI is InChI=1S/C22H20N4O5S/c1-13(27)24-15-8-9-19(16(11-15)17-12-20(28)26(2)22(17)29)32(30,31)25-18-7-3-5-14-6-4-10-23-21(14)18/h3-11,17,25H,12H2,1-2H3,(H,24,27). The molecule has 0 radical (unpaired) electrons. The molecule has 2 aromatic carbocycles. The number of benzene rings is 2. The van der Waals surface area contributed by atoms with Crippen LogP contribution in [0.2, 0.25) is 0 Å². The lowest BCUT2D eigenvalue weighted by atomic mass is 9.97.